The molecule has 0 spiro atoms. The Morgan fingerprint density at radius 1 is 1.30 bits per heavy atom. The van der Waals surface area contributed by atoms with E-state index in [0.717, 1.165) is 28.5 Å². The molecule has 0 atom stereocenters. The number of nitrogens with two attached hydrogens (primary N) is 1. The predicted octanol–water partition coefficient (Wildman–Crippen LogP) is 3.16. The minimum Gasteiger partial charge on any atom is -0.463 e. The zero-order valence-electron chi connectivity index (χ0n) is 11.6. The van der Waals surface area contributed by atoms with Crippen molar-refractivity contribution in [3.63, 3.8) is 0 Å². The second-order valence-corrected chi connectivity index (χ2v) is 5.41. The van der Waals surface area contributed by atoms with Crippen molar-refractivity contribution in [2.24, 2.45) is 5.73 Å². The Morgan fingerprint density at radius 3 is 2.70 bits per heavy atom. The standard InChI is InChI=1S/C15H18N2O2S/c1-10-7-11(15(16)18)3-6-14(10)17-8-12-4-5-13(19-12)9-20-2/h3-7,17H,8-9H2,1-2H3,(H2,16,18). The molecule has 0 aliphatic rings. The molecule has 1 heterocycles. The molecule has 0 saturated carbocycles. The highest BCUT2D eigenvalue weighted by Gasteiger charge is 2.05. The molecule has 2 rings (SSSR count). The number of aryl methyl sites for hydroxylation is 1. The molecule has 4 nitrogen and oxygen atoms in total. The van der Waals surface area contributed by atoms with E-state index in [1.54, 1.807) is 23.9 Å². The van der Waals surface area contributed by atoms with E-state index in [1.165, 1.54) is 0 Å². The van der Waals surface area contributed by atoms with Crippen molar-refractivity contribution in [2.45, 2.75) is 19.2 Å². The first-order valence-electron chi connectivity index (χ1n) is 6.31. The third-order valence-electron chi connectivity index (χ3n) is 2.97. The van der Waals surface area contributed by atoms with E-state index in [-0.39, 0.29) is 0 Å². The smallest absolute Gasteiger partial charge is 0.248 e. The second kappa shape index (κ2) is 6.52. The van der Waals surface area contributed by atoms with E-state index in [1.807, 2.05) is 31.4 Å². The van der Waals surface area contributed by atoms with Crippen LogP contribution in [-0.4, -0.2) is 12.2 Å². The fourth-order valence-corrected chi connectivity index (χ4v) is 2.37. The predicted molar refractivity (Wildman–Crippen MR) is 83.0 cm³/mol. The van der Waals surface area contributed by atoms with Gasteiger partial charge in [0.05, 0.1) is 12.3 Å². The van der Waals surface area contributed by atoms with Gasteiger partial charge in [-0.25, -0.2) is 0 Å². The maximum Gasteiger partial charge on any atom is 0.248 e. The average Bonchev–Trinajstić information content (AvgIpc) is 2.85. The second-order valence-electron chi connectivity index (χ2n) is 4.55. The number of hydrogen-bond acceptors (Lipinski definition) is 4. The van der Waals surface area contributed by atoms with Gasteiger partial charge in [0.25, 0.3) is 0 Å². The quantitative estimate of drug-likeness (QED) is 0.857. The van der Waals surface area contributed by atoms with Gasteiger partial charge >= 0.3 is 0 Å². The summed E-state index contributed by atoms with van der Waals surface area (Å²) in [5.41, 5.74) is 7.73. The molecule has 0 aliphatic heterocycles. The van der Waals surface area contributed by atoms with Gasteiger partial charge in [-0.3, -0.25) is 4.79 Å². The van der Waals surface area contributed by atoms with Crippen molar-refractivity contribution in [3.8, 4) is 0 Å². The number of anilines is 1. The van der Waals surface area contributed by atoms with E-state index >= 15 is 0 Å². The average molecular weight is 290 g/mol. The first-order valence-corrected chi connectivity index (χ1v) is 7.70. The third kappa shape index (κ3) is 3.57. The lowest BCUT2D eigenvalue weighted by Gasteiger charge is -2.09. The van der Waals surface area contributed by atoms with Crippen molar-refractivity contribution in [2.75, 3.05) is 11.6 Å². The number of amides is 1. The van der Waals surface area contributed by atoms with Gasteiger partial charge in [-0.1, -0.05) is 0 Å². The number of primary amides is 1. The number of hydrogen-bond donors (Lipinski definition) is 2. The maximum absolute atomic E-state index is 11.1. The third-order valence-corrected chi connectivity index (χ3v) is 3.54. The molecule has 3 N–H and O–H groups in total. The lowest BCUT2D eigenvalue weighted by molar-refractivity contribution is 0.1000. The molecule has 1 amide bonds. The summed E-state index contributed by atoms with van der Waals surface area (Å²) in [4.78, 5) is 11.1. The van der Waals surface area contributed by atoms with Gasteiger partial charge in [0.15, 0.2) is 0 Å². The summed E-state index contributed by atoms with van der Waals surface area (Å²) in [5.74, 6) is 2.35. The topological polar surface area (TPSA) is 68.3 Å². The van der Waals surface area contributed by atoms with Gasteiger partial charge in [-0.2, -0.15) is 11.8 Å². The van der Waals surface area contributed by atoms with E-state index in [9.17, 15) is 4.79 Å². The number of carbonyl (C=O) groups is 1. The van der Waals surface area contributed by atoms with Crippen molar-refractivity contribution in [1.82, 2.24) is 0 Å². The summed E-state index contributed by atoms with van der Waals surface area (Å²) in [6.45, 7) is 2.56. The highest BCUT2D eigenvalue weighted by Crippen LogP contribution is 2.19. The van der Waals surface area contributed by atoms with E-state index in [2.05, 4.69) is 5.32 Å². The Morgan fingerprint density at radius 2 is 2.05 bits per heavy atom. The number of benzene rings is 1. The summed E-state index contributed by atoms with van der Waals surface area (Å²) in [6, 6.07) is 9.34. The van der Waals surface area contributed by atoms with Crippen LogP contribution >= 0.6 is 11.8 Å². The molecule has 0 aliphatic carbocycles. The van der Waals surface area contributed by atoms with Crippen LogP contribution in [0, 0.1) is 6.92 Å². The number of carbonyl (C=O) groups excluding carboxylic acids is 1. The van der Waals surface area contributed by atoms with Gasteiger partial charge in [-0.05, 0) is 49.1 Å². The van der Waals surface area contributed by atoms with Crippen molar-refractivity contribution in [1.29, 1.82) is 0 Å². The molecule has 1 aromatic heterocycles. The molecule has 1 aromatic carbocycles. The van der Waals surface area contributed by atoms with Gasteiger partial charge < -0.3 is 15.5 Å². The van der Waals surface area contributed by atoms with Gasteiger partial charge in [0.1, 0.15) is 11.5 Å². The van der Waals surface area contributed by atoms with Crippen LogP contribution in [0.25, 0.3) is 0 Å². The normalized spacial score (nSPS) is 10.5. The van der Waals surface area contributed by atoms with Gasteiger partial charge in [0.2, 0.25) is 5.91 Å². The zero-order valence-corrected chi connectivity index (χ0v) is 12.4. The Balaban J connectivity index is 2.01. The van der Waals surface area contributed by atoms with Crippen LogP contribution in [0.1, 0.15) is 27.4 Å². The van der Waals surface area contributed by atoms with Crippen LogP contribution in [0.4, 0.5) is 5.69 Å². The van der Waals surface area contributed by atoms with E-state index in [0.29, 0.717) is 12.1 Å². The Labute approximate surface area is 122 Å². The molecule has 0 radical (unpaired) electrons. The number of thioether (sulfide) groups is 1. The molecule has 20 heavy (non-hydrogen) atoms. The number of nitrogens with one attached hydrogen (secondary N) is 1. The maximum atomic E-state index is 11.1. The molecular formula is C15H18N2O2S. The Kier molecular flexibility index (Phi) is 4.74. The van der Waals surface area contributed by atoms with Crippen LogP contribution in [0.15, 0.2) is 34.7 Å². The number of rotatable bonds is 6. The lowest BCUT2D eigenvalue weighted by Crippen LogP contribution is -2.11. The fourth-order valence-electron chi connectivity index (χ4n) is 1.93. The molecule has 2 aromatic rings. The summed E-state index contributed by atoms with van der Waals surface area (Å²) in [6.07, 6.45) is 2.05. The van der Waals surface area contributed by atoms with Gasteiger partial charge in [0, 0.05) is 11.3 Å². The SMILES string of the molecule is CSCc1ccc(CNc2ccc(C(N)=O)cc2C)o1. The highest BCUT2D eigenvalue weighted by atomic mass is 32.2. The summed E-state index contributed by atoms with van der Waals surface area (Å²) in [7, 11) is 0. The molecule has 0 fully saturated rings. The van der Waals surface area contributed by atoms with Crippen LogP contribution in [0.3, 0.4) is 0 Å². The molecule has 106 valence electrons. The van der Waals surface area contributed by atoms with Crippen LogP contribution in [0.2, 0.25) is 0 Å². The monoisotopic (exact) mass is 290 g/mol. The minimum absolute atomic E-state index is 0.410. The van der Waals surface area contributed by atoms with Crippen molar-refractivity contribution >= 4 is 23.4 Å². The summed E-state index contributed by atoms with van der Waals surface area (Å²) < 4.78 is 5.69. The molecular weight excluding hydrogens is 272 g/mol. The molecule has 0 unspecified atom stereocenters. The van der Waals surface area contributed by atoms with Crippen molar-refractivity contribution in [3.05, 3.63) is 53.0 Å². The summed E-state index contributed by atoms with van der Waals surface area (Å²) >= 11 is 1.73. The van der Waals surface area contributed by atoms with Gasteiger partial charge in [-0.15, -0.1) is 0 Å². The molecule has 0 bridgehead atoms. The van der Waals surface area contributed by atoms with E-state index < -0.39 is 5.91 Å². The van der Waals surface area contributed by atoms with Crippen molar-refractivity contribution < 1.29 is 9.21 Å². The summed E-state index contributed by atoms with van der Waals surface area (Å²) in [5, 5.41) is 3.30. The van der Waals surface area contributed by atoms with Crippen LogP contribution in [-0.2, 0) is 12.3 Å². The number of furan rings is 1. The Bertz CT molecular complexity index is 608. The molecule has 5 heteroatoms. The first-order chi connectivity index (χ1) is 9.60. The molecule has 0 saturated heterocycles. The van der Waals surface area contributed by atoms with Crippen LogP contribution < -0.4 is 11.1 Å². The zero-order chi connectivity index (χ0) is 14.5. The largest absolute Gasteiger partial charge is 0.463 e. The first kappa shape index (κ1) is 14.5. The minimum atomic E-state index is -0.410. The highest BCUT2D eigenvalue weighted by molar-refractivity contribution is 7.97. The van der Waals surface area contributed by atoms with Crippen LogP contribution in [0.5, 0.6) is 0 Å². The van der Waals surface area contributed by atoms with E-state index in [4.69, 9.17) is 10.2 Å². The lowest BCUT2D eigenvalue weighted by atomic mass is 10.1. The fraction of sp³-hybridized carbons (Fsp3) is 0.267. The Hall–Kier alpha value is -1.88.